The Morgan fingerprint density at radius 3 is 2.83 bits per heavy atom. The van der Waals surface area contributed by atoms with Crippen LogP contribution in [-0.4, -0.2) is 15.9 Å². The van der Waals surface area contributed by atoms with E-state index in [0.29, 0.717) is 17.6 Å². The summed E-state index contributed by atoms with van der Waals surface area (Å²) in [7, 11) is 0. The van der Waals surface area contributed by atoms with E-state index in [-0.39, 0.29) is 10.6 Å². The van der Waals surface area contributed by atoms with E-state index in [1.165, 1.54) is 6.20 Å². The molecule has 0 aliphatic heterocycles. The van der Waals surface area contributed by atoms with Crippen molar-refractivity contribution >= 4 is 22.3 Å². The molecule has 0 saturated heterocycles. The second-order valence-corrected chi connectivity index (χ2v) is 4.76. The molecule has 2 atom stereocenters. The van der Waals surface area contributed by atoms with E-state index in [1.807, 2.05) is 24.3 Å². The lowest BCUT2D eigenvalue weighted by molar-refractivity contribution is -0.384. The van der Waals surface area contributed by atoms with E-state index in [4.69, 9.17) is 0 Å². The number of nitrogens with one attached hydrogen (secondary N) is 1. The Labute approximate surface area is 104 Å². The summed E-state index contributed by atoms with van der Waals surface area (Å²) in [6, 6.07) is 7.82. The van der Waals surface area contributed by atoms with E-state index in [2.05, 4.69) is 17.2 Å². The van der Waals surface area contributed by atoms with Crippen LogP contribution in [0.3, 0.4) is 0 Å². The lowest BCUT2D eigenvalue weighted by atomic mass is 10.1. The van der Waals surface area contributed by atoms with Gasteiger partial charge in [-0.1, -0.05) is 25.1 Å². The van der Waals surface area contributed by atoms with Crippen molar-refractivity contribution in [3.8, 4) is 0 Å². The predicted molar refractivity (Wildman–Crippen MR) is 69.6 cm³/mol. The number of fused-ring (bicyclic) bond motifs is 1. The van der Waals surface area contributed by atoms with Crippen LogP contribution in [0.15, 0.2) is 30.5 Å². The summed E-state index contributed by atoms with van der Waals surface area (Å²) in [5, 5.41) is 15.2. The molecule has 0 bridgehead atoms. The molecule has 1 fully saturated rings. The van der Waals surface area contributed by atoms with Crippen LogP contribution in [0.5, 0.6) is 0 Å². The number of hydrogen-bond donors (Lipinski definition) is 1. The molecular weight excluding hydrogens is 230 g/mol. The summed E-state index contributed by atoms with van der Waals surface area (Å²) in [5.74, 6) is 0.580. The summed E-state index contributed by atoms with van der Waals surface area (Å²) in [6.07, 6.45) is 2.39. The van der Waals surface area contributed by atoms with Crippen molar-refractivity contribution < 1.29 is 4.92 Å². The van der Waals surface area contributed by atoms with E-state index < -0.39 is 0 Å². The molecule has 1 heterocycles. The quantitative estimate of drug-likeness (QED) is 0.664. The van der Waals surface area contributed by atoms with Gasteiger partial charge in [-0.2, -0.15) is 0 Å². The van der Waals surface area contributed by atoms with Gasteiger partial charge in [0, 0.05) is 11.4 Å². The van der Waals surface area contributed by atoms with Gasteiger partial charge in [-0.15, -0.1) is 0 Å². The summed E-state index contributed by atoms with van der Waals surface area (Å²) in [6.45, 7) is 2.13. The maximum absolute atomic E-state index is 11.1. The zero-order valence-corrected chi connectivity index (χ0v) is 9.96. The molecule has 1 aliphatic rings. The number of nitro groups is 1. The van der Waals surface area contributed by atoms with E-state index >= 15 is 0 Å². The molecule has 1 saturated carbocycles. The number of rotatable bonds is 3. The first-order chi connectivity index (χ1) is 8.66. The number of hydrogen-bond acceptors (Lipinski definition) is 4. The average Bonchev–Trinajstić information content (AvgIpc) is 3.05. The second kappa shape index (κ2) is 3.94. The second-order valence-electron chi connectivity index (χ2n) is 4.76. The van der Waals surface area contributed by atoms with Crippen LogP contribution in [0, 0.1) is 16.0 Å². The standard InChI is InChI=1S/C13H13N3O2/c1-8-6-11(8)15-13-9-4-2-3-5-10(9)14-7-12(13)16(17)18/h2-5,7-8,11H,6H2,1H3,(H,14,15). The van der Waals surface area contributed by atoms with Gasteiger partial charge in [0.25, 0.3) is 0 Å². The van der Waals surface area contributed by atoms with Crippen molar-refractivity contribution in [2.24, 2.45) is 5.92 Å². The minimum absolute atomic E-state index is 0.0489. The highest BCUT2D eigenvalue weighted by Crippen LogP contribution is 2.38. The molecule has 5 heteroatoms. The molecule has 1 aromatic heterocycles. The van der Waals surface area contributed by atoms with E-state index in [0.717, 1.165) is 17.3 Å². The van der Waals surface area contributed by atoms with Crippen molar-refractivity contribution in [1.82, 2.24) is 4.98 Å². The molecular formula is C13H13N3O2. The Morgan fingerprint density at radius 2 is 2.17 bits per heavy atom. The number of para-hydroxylation sites is 1. The van der Waals surface area contributed by atoms with Gasteiger partial charge in [0.1, 0.15) is 11.9 Å². The van der Waals surface area contributed by atoms with Crippen molar-refractivity contribution in [2.75, 3.05) is 5.32 Å². The molecule has 2 unspecified atom stereocenters. The fourth-order valence-corrected chi connectivity index (χ4v) is 2.13. The molecule has 18 heavy (non-hydrogen) atoms. The lowest BCUT2D eigenvalue weighted by Gasteiger charge is -2.09. The number of aromatic nitrogens is 1. The third kappa shape index (κ3) is 1.77. The van der Waals surface area contributed by atoms with Crippen LogP contribution in [0.4, 0.5) is 11.4 Å². The van der Waals surface area contributed by atoms with Gasteiger partial charge >= 0.3 is 5.69 Å². The Hall–Kier alpha value is -2.17. The van der Waals surface area contributed by atoms with Gasteiger partial charge in [-0.3, -0.25) is 10.1 Å². The van der Waals surface area contributed by atoms with Crippen LogP contribution in [0.2, 0.25) is 0 Å². The predicted octanol–water partition coefficient (Wildman–Crippen LogP) is 2.96. The molecule has 92 valence electrons. The third-order valence-corrected chi connectivity index (χ3v) is 3.39. The van der Waals surface area contributed by atoms with Crippen LogP contribution in [0.25, 0.3) is 10.9 Å². The number of anilines is 1. The largest absolute Gasteiger partial charge is 0.376 e. The minimum atomic E-state index is -0.380. The van der Waals surface area contributed by atoms with Crippen LogP contribution < -0.4 is 5.32 Å². The van der Waals surface area contributed by atoms with Gasteiger partial charge < -0.3 is 5.32 Å². The highest BCUT2D eigenvalue weighted by molar-refractivity contribution is 5.95. The fourth-order valence-electron chi connectivity index (χ4n) is 2.13. The van der Waals surface area contributed by atoms with E-state index in [9.17, 15) is 10.1 Å². The van der Waals surface area contributed by atoms with E-state index in [1.54, 1.807) is 0 Å². The highest BCUT2D eigenvalue weighted by atomic mass is 16.6. The third-order valence-electron chi connectivity index (χ3n) is 3.39. The minimum Gasteiger partial charge on any atom is -0.376 e. The van der Waals surface area contributed by atoms with Crippen molar-refractivity contribution in [3.05, 3.63) is 40.6 Å². The monoisotopic (exact) mass is 243 g/mol. The number of pyridine rings is 1. The number of nitrogens with zero attached hydrogens (tertiary/aromatic N) is 2. The van der Waals surface area contributed by atoms with Crippen molar-refractivity contribution in [1.29, 1.82) is 0 Å². The zero-order valence-electron chi connectivity index (χ0n) is 9.96. The topological polar surface area (TPSA) is 68.1 Å². The highest BCUT2D eigenvalue weighted by Gasteiger charge is 2.34. The Balaban J connectivity index is 2.15. The maximum Gasteiger partial charge on any atom is 0.311 e. The van der Waals surface area contributed by atoms with Gasteiger partial charge in [0.05, 0.1) is 10.4 Å². The molecule has 0 amide bonds. The molecule has 1 aromatic carbocycles. The summed E-state index contributed by atoms with van der Waals surface area (Å²) in [4.78, 5) is 14.8. The first-order valence-electron chi connectivity index (χ1n) is 5.95. The summed E-state index contributed by atoms with van der Waals surface area (Å²) < 4.78 is 0. The first kappa shape index (κ1) is 11.0. The Bertz CT molecular complexity index is 627. The van der Waals surface area contributed by atoms with Crippen LogP contribution in [0.1, 0.15) is 13.3 Å². The molecule has 0 spiro atoms. The molecule has 1 N–H and O–H groups in total. The fraction of sp³-hybridized carbons (Fsp3) is 0.308. The van der Waals surface area contributed by atoms with Gasteiger partial charge in [-0.05, 0) is 18.4 Å². The maximum atomic E-state index is 11.1. The zero-order chi connectivity index (χ0) is 12.7. The van der Waals surface area contributed by atoms with Crippen LogP contribution in [-0.2, 0) is 0 Å². The molecule has 0 radical (unpaired) electrons. The molecule has 5 nitrogen and oxygen atoms in total. The first-order valence-corrected chi connectivity index (χ1v) is 5.95. The molecule has 2 aromatic rings. The van der Waals surface area contributed by atoms with Gasteiger partial charge in [0.15, 0.2) is 0 Å². The molecule has 3 rings (SSSR count). The van der Waals surface area contributed by atoms with Crippen LogP contribution >= 0.6 is 0 Å². The van der Waals surface area contributed by atoms with Gasteiger partial charge in [0.2, 0.25) is 0 Å². The lowest BCUT2D eigenvalue weighted by Crippen LogP contribution is -2.07. The average molecular weight is 243 g/mol. The smallest absolute Gasteiger partial charge is 0.311 e. The molecule has 1 aliphatic carbocycles. The normalized spacial score (nSPS) is 21.8. The van der Waals surface area contributed by atoms with Crippen molar-refractivity contribution in [3.63, 3.8) is 0 Å². The Kier molecular flexibility index (Phi) is 2.40. The van der Waals surface area contributed by atoms with Gasteiger partial charge in [-0.25, -0.2) is 4.98 Å². The SMILES string of the molecule is CC1CC1Nc1c([N+](=O)[O-])cnc2ccccc12. The summed E-state index contributed by atoms with van der Waals surface area (Å²) in [5.41, 5.74) is 1.42. The number of benzene rings is 1. The van der Waals surface area contributed by atoms with Crippen molar-refractivity contribution in [2.45, 2.75) is 19.4 Å². The Morgan fingerprint density at radius 1 is 1.44 bits per heavy atom. The summed E-state index contributed by atoms with van der Waals surface area (Å²) >= 11 is 0.